The fraction of sp³-hybridized carbons (Fsp3) is 0.923. The first-order valence-corrected chi connectivity index (χ1v) is 9.42. The number of rotatable bonds is 4. The molecule has 2 rings (SSSR count). The fourth-order valence-corrected chi connectivity index (χ4v) is 6.60. The Morgan fingerprint density at radius 3 is 2.06 bits per heavy atom. The molecule has 0 saturated heterocycles. The molecule has 3 heteroatoms. The van der Waals surface area contributed by atoms with E-state index in [4.69, 9.17) is 4.74 Å². The molecule has 0 amide bonds. The second-order valence-electron chi connectivity index (χ2n) is 5.01. The van der Waals surface area contributed by atoms with Crippen LogP contribution in [-0.2, 0) is 4.74 Å². The molecule has 1 nitrogen and oxygen atoms in total. The third-order valence-electron chi connectivity index (χ3n) is 3.63. The summed E-state index contributed by atoms with van der Waals surface area (Å²) in [6, 6.07) is 0. The zero-order chi connectivity index (χ0) is 11.2. The SMILES string of the molecule is [Se]=C(OC1CCCCC1)[Se]C1CCCCC1. The van der Waals surface area contributed by atoms with E-state index in [9.17, 15) is 0 Å². The van der Waals surface area contributed by atoms with Gasteiger partial charge >= 0.3 is 114 Å². The molecule has 0 aromatic heterocycles. The molecule has 92 valence electrons. The Hall–Kier alpha value is 0.709. The third kappa shape index (κ3) is 4.53. The van der Waals surface area contributed by atoms with E-state index in [0.717, 1.165) is 4.82 Å². The predicted octanol–water partition coefficient (Wildman–Crippen LogP) is 3.05. The first kappa shape index (κ1) is 13.1. The molecule has 0 unspecified atom stereocenters. The average molecular weight is 352 g/mol. The molecule has 2 fully saturated rings. The van der Waals surface area contributed by atoms with E-state index in [2.05, 4.69) is 15.6 Å². The number of hydrogen-bond acceptors (Lipinski definition) is 1. The molecule has 2 saturated carbocycles. The van der Waals surface area contributed by atoms with E-state index in [-0.39, 0.29) is 0 Å². The van der Waals surface area contributed by atoms with Gasteiger partial charge in [0.1, 0.15) is 0 Å². The summed E-state index contributed by atoms with van der Waals surface area (Å²) >= 11 is 3.79. The van der Waals surface area contributed by atoms with Crippen LogP contribution in [0.4, 0.5) is 0 Å². The molecule has 0 aliphatic heterocycles. The Balaban J connectivity index is 1.66. The van der Waals surface area contributed by atoms with Gasteiger partial charge in [0.05, 0.1) is 0 Å². The van der Waals surface area contributed by atoms with Crippen molar-refractivity contribution in [2.45, 2.75) is 75.1 Å². The maximum atomic E-state index is 6.08. The standard InChI is InChI=1S/C13H22OSe2/c15-13(14-11-7-3-1-4-8-11)16-12-9-5-2-6-10-12/h11-12H,1-10H2. The van der Waals surface area contributed by atoms with Crippen molar-refractivity contribution in [3.8, 4) is 0 Å². The molecule has 0 atom stereocenters. The zero-order valence-electron chi connectivity index (χ0n) is 9.95. The normalized spacial score (nSPS) is 24.2. The van der Waals surface area contributed by atoms with Crippen molar-refractivity contribution in [3.05, 3.63) is 0 Å². The second kappa shape index (κ2) is 7.21. The summed E-state index contributed by atoms with van der Waals surface area (Å²) in [5.41, 5.74) is 0. The Bertz CT molecular complexity index is 196. The van der Waals surface area contributed by atoms with Gasteiger partial charge in [0.2, 0.25) is 0 Å². The van der Waals surface area contributed by atoms with Gasteiger partial charge in [-0.15, -0.1) is 0 Å². The number of hydrogen-bond donors (Lipinski definition) is 0. The quantitative estimate of drug-likeness (QED) is 0.707. The van der Waals surface area contributed by atoms with Gasteiger partial charge in [0.15, 0.2) is 0 Å². The third-order valence-corrected chi connectivity index (χ3v) is 7.18. The predicted molar refractivity (Wildman–Crippen MR) is 71.3 cm³/mol. The summed E-state index contributed by atoms with van der Waals surface area (Å²) in [7, 11) is 0. The van der Waals surface area contributed by atoms with E-state index < -0.39 is 0 Å². The van der Waals surface area contributed by atoms with Gasteiger partial charge in [0, 0.05) is 0 Å². The fourth-order valence-electron chi connectivity index (χ4n) is 2.67. The van der Waals surface area contributed by atoms with Gasteiger partial charge in [-0.3, -0.25) is 0 Å². The van der Waals surface area contributed by atoms with Crippen LogP contribution in [-0.4, -0.2) is 40.1 Å². The number of ether oxygens (including phenoxy) is 1. The van der Waals surface area contributed by atoms with E-state index in [1.807, 2.05) is 0 Å². The van der Waals surface area contributed by atoms with Crippen molar-refractivity contribution in [1.82, 2.24) is 0 Å². The molecular weight excluding hydrogens is 330 g/mol. The van der Waals surface area contributed by atoms with E-state index in [0.29, 0.717) is 21.1 Å². The van der Waals surface area contributed by atoms with Crippen molar-refractivity contribution in [2.24, 2.45) is 0 Å². The van der Waals surface area contributed by atoms with Crippen LogP contribution < -0.4 is 0 Å². The first-order valence-electron chi connectivity index (χ1n) is 6.72. The summed E-state index contributed by atoms with van der Waals surface area (Å²) in [5.74, 6) is 0. The molecular formula is C13H22OSe2. The summed E-state index contributed by atoms with van der Waals surface area (Å²) in [5, 5.41) is 0. The summed E-state index contributed by atoms with van der Waals surface area (Å²) in [4.78, 5) is 0.959. The Morgan fingerprint density at radius 2 is 1.44 bits per heavy atom. The molecule has 2 aliphatic rings. The van der Waals surface area contributed by atoms with Gasteiger partial charge in [-0.25, -0.2) is 0 Å². The van der Waals surface area contributed by atoms with Crippen LogP contribution in [0.1, 0.15) is 64.2 Å². The molecule has 0 N–H and O–H groups in total. The van der Waals surface area contributed by atoms with Gasteiger partial charge in [-0.1, -0.05) is 0 Å². The molecule has 0 bridgehead atoms. The first-order chi connectivity index (χ1) is 7.84. The topological polar surface area (TPSA) is 9.23 Å². The van der Waals surface area contributed by atoms with Gasteiger partial charge in [-0.05, 0) is 0 Å². The van der Waals surface area contributed by atoms with Crippen LogP contribution in [0, 0.1) is 0 Å². The van der Waals surface area contributed by atoms with Crippen LogP contribution in [0.15, 0.2) is 0 Å². The van der Waals surface area contributed by atoms with Crippen LogP contribution in [0.25, 0.3) is 0 Å². The molecule has 0 aromatic rings. The summed E-state index contributed by atoms with van der Waals surface area (Å²) in [6.07, 6.45) is 14.5. The molecule has 0 spiro atoms. The van der Waals surface area contributed by atoms with Crippen LogP contribution in [0.2, 0.25) is 4.82 Å². The zero-order valence-corrected chi connectivity index (χ0v) is 13.4. The molecule has 0 heterocycles. The minimum atomic E-state index is 0.537. The van der Waals surface area contributed by atoms with Crippen LogP contribution >= 0.6 is 0 Å². The Morgan fingerprint density at radius 1 is 0.875 bits per heavy atom. The maximum absolute atomic E-state index is 6.08. The van der Waals surface area contributed by atoms with Gasteiger partial charge < -0.3 is 0 Å². The Kier molecular flexibility index (Phi) is 5.93. The molecule has 2 aliphatic carbocycles. The van der Waals surface area contributed by atoms with Crippen molar-refractivity contribution in [3.63, 3.8) is 0 Å². The van der Waals surface area contributed by atoms with Crippen LogP contribution in [0.3, 0.4) is 0 Å². The van der Waals surface area contributed by atoms with Crippen molar-refractivity contribution in [1.29, 1.82) is 0 Å². The van der Waals surface area contributed by atoms with Crippen molar-refractivity contribution < 1.29 is 4.74 Å². The minimum absolute atomic E-state index is 0.537. The monoisotopic (exact) mass is 354 g/mol. The second-order valence-corrected chi connectivity index (χ2v) is 9.77. The summed E-state index contributed by atoms with van der Waals surface area (Å²) in [6.45, 7) is 0. The summed E-state index contributed by atoms with van der Waals surface area (Å²) < 4.78 is 7.34. The molecule has 16 heavy (non-hydrogen) atoms. The van der Waals surface area contributed by atoms with Crippen molar-refractivity contribution >= 4 is 34.0 Å². The van der Waals surface area contributed by atoms with Gasteiger partial charge in [-0.2, -0.15) is 0 Å². The van der Waals surface area contributed by atoms with Gasteiger partial charge in [0.25, 0.3) is 0 Å². The van der Waals surface area contributed by atoms with E-state index >= 15 is 0 Å². The molecule has 0 aromatic carbocycles. The Labute approximate surface area is 114 Å². The molecule has 0 radical (unpaired) electrons. The van der Waals surface area contributed by atoms with E-state index in [1.165, 1.54) is 67.7 Å². The van der Waals surface area contributed by atoms with Crippen LogP contribution in [0.5, 0.6) is 0 Å². The average Bonchev–Trinajstić information content (AvgIpc) is 2.31. The van der Waals surface area contributed by atoms with E-state index in [1.54, 1.807) is 0 Å². The van der Waals surface area contributed by atoms with Crippen molar-refractivity contribution in [2.75, 3.05) is 0 Å².